The smallest absolute Gasteiger partial charge is 0.141 e. The molecule has 2 nitrogen and oxygen atoms in total. The molecule has 0 saturated carbocycles. The summed E-state index contributed by atoms with van der Waals surface area (Å²) in [5, 5.41) is 6.29. The van der Waals surface area contributed by atoms with Crippen LogP contribution in [-0.2, 0) is 16.2 Å². The zero-order chi connectivity index (χ0) is 49.0. The number of aryl methyl sites for hydroxylation is 3. The Hall–Kier alpha value is -6.62. The second-order valence-electron chi connectivity index (χ2n) is 21.5. The Kier molecular flexibility index (Phi) is 12.5. The largest absolute Gasteiger partial charge is 0.397 e. The highest BCUT2D eigenvalue weighted by molar-refractivity contribution is 7.26. The van der Waals surface area contributed by atoms with Gasteiger partial charge in [-0.3, -0.25) is 0 Å². The number of fused-ring (bicyclic) bond motifs is 5. The van der Waals surface area contributed by atoms with Gasteiger partial charge in [-0.15, -0.1) is 11.3 Å². The summed E-state index contributed by atoms with van der Waals surface area (Å²) in [7, 11) is 2.18. The zero-order valence-corrected chi connectivity index (χ0v) is 43.5. The summed E-state index contributed by atoms with van der Waals surface area (Å²) >= 11 is 1.80. The van der Waals surface area contributed by atoms with Gasteiger partial charge in [0, 0.05) is 26.7 Å². The summed E-state index contributed by atoms with van der Waals surface area (Å²) < 4.78 is 2.39. The molecule has 2 aliphatic carbocycles. The maximum Gasteiger partial charge on any atom is 0.141 e. The van der Waals surface area contributed by atoms with Crippen LogP contribution in [0.4, 0.5) is 11.4 Å². The van der Waals surface area contributed by atoms with E-state index in [1.54, 1.807) is 11.3 Å². The molecule has 0 amide bonds. The fourth-order valence-electron chi connectivity index (χ4n) is 12.1. The standard InChI is InChI=1S/C66H67BN2S/c1-9-10-11-19-33-66(47-21-13-12-14-22-47)54(26-20-23-48(67)41-69-58-27-17-16-25-56(58)66)53-39-46(60-43(3)36-42(2)37-44(60)4)38-52(50-30-31-51-49-24-15-18-28-59(49)70-63(51)62(50)68)61(53)45-29-32-55-57(40-45)65(7,8)35-34-64(55,5)6/h9-11,13,15-32,36-41,69H,12,14,33-35,67-68H2,1-8H3/b10-9-,19-11-,23-20-,48-41-,54-26+. The summed E-state index contributed by atoms with van der Waals surface area (Å²) in [6.45, 7) is 18.6. The Morgan fingerprint density at radius 2 is 1.44 bits per heavy atom. The monoisotopic (exact) mass is 931 g/mol. The molecule has 2 heterocycles. The van der Waals surface area contributed by atoms with Crippen molar-refractivity contribution in [2.75, 3.05) is 11.1 Å². The van der Waals surface area contributed by atoms with Crippen molar-refractivity contribution in [1.82, 2.24) is 0 Å². The van der Waals surface area contributed by atoms with E-state index in [0.717, 1.165) is 64.8 Å². The number of hydrogen-bond donors (Lipinski definition) is 2. The number of anilines is 2. The molecule has 0 radical (unpaired) electrons. The van der Waals surface area contributed by atoms with Crippen LogP contribution in [0.5, 0.6) is 0 Å². The van der Waals surface area contributed by atoms with Crippen LogP contribution < -0.4 is 11.1 Å². The summed E-state index contributed by atoms with van der Waals surface area (Å²) in [4.78, 5) is 0. The molecule has 1 unspecified atom stereocenters. The quantitative estimate of drug-likeness (QED) is 0.0905. The van der Waals surface area contributed by atoms with Gasteiger partial charge in [0.05, 0.1) is 15.8 Å². The predicted octanol–water partition coefficient (Wildman–Crippen LogP) is 17.5. The van der Waals surface area contributed by atoms with E-state index < -0.39 is 5.41 Å². The molecular formula is C66H67BN2S. The second kappa shape index (κ2) is 18.6. The maximum absolute atomic E-state index is 7.71. The summed E-state index contributed by atoms with van der Waals surface area (Å²) in [6.07, 6.45) is 30.4. The third-order valence-corrected chi connectivity index (χ3v) is 16.9. The number of hydrogen-bond acceptors (Lipinski definition) is 3. The minimum atomic E-state index is -0.638. The third-order valence-electron chi connectivity index (χ3n) is 15.7. The highest BCUT2D eigenvalue weighted by Crippen LogP contribution is 2.57. The van der Waals surface area contributed by atoms with E-state index in [1.807, 2.05) is 0 Å². The third kappa shape index (κ3) is 8.28. The minimum absolute atomic E-state index is 0.00179. The Balaban J connectivity index is 1.43. The van der Waals surface area contributed by atoms with Crippen molar-refractivity contribution in [3.63, 3.8) is 0 Å². The summed E-state index contributed by atoms with van der Waals surface area (Å²) in [5.74, 6) is 0. The Labute approximate surface area is 422 Å². The van der Waals surface area contributed by atoms with Crippen LogP contribution in [-0.4, -0.2) is 7.85 Å². The van der Waals surface area contributed by atoms with Gasteiger partial charge >= 0.3 is 0 Å². The Morgan fingerprint density at radius 1 is 0.700 bits per heavy atom. The number of allylic oxidation sites excluding steroid dienone is 13. The van der Waals surface area contributed by atoms with Gasteiger partial charge in [-0.25, -0.2) is 0 Å². The SMILES string of the molecule is BC1=C\Nc2ccccc2C(C/C=C\C=C/C)(C2=CCCC=C2)/C(c2cc(-c3c(C)cc(C)cc3C)cc(-c3ccc4c(sc5ccccc54)c3N)c2-c2ccc3c(c2)C(C)(C)CCC3(C)C)=C/C=C\1. The van der Waals surface area contributed by atoms with Crippen molar-refractivity contribution in [1.29, 1.82) is 0 Å². The van der Waals surface area contributed by atoms with Crippen molar-refractivity contribution in [2.45, 2.75) is 104 Å². The number of para-hydroxylation sites is 1. The van der Waals surface area contributed by atoms with Crippen LogP contribution in [0.1, 0.15) is 106 Å². The maximum atomic E-state index is 7.71. The fraction of sp³-hybridized carbons (Fsp3) is 0.242. The summed E-state index contributed by atoms with van der Waals surface area (Å²) in [6, 6.07) is 39.6. The Morgan fingerprint density at radius 3 is 2.21 bits per heavy atom. The molecule has 350 valence electrons. The molecule has 1 atom stereocenters. The van der Waals surface area contributed by atoms with Gasteiger partial charge in [-0.2, -0.15) is 0 Å². The first kappa shape index (κ1) is 47.1. The van der Waals surface area contributed by atoms with E-state index >= 15 is 0 Å². The van der Waals surface area contributed by atoms with Crippen molar-refractivity contribution in [3.05, 3.63) is 220 Å². The van der Waals surface area contributed by atoms with Gasteiger partial charge in [0.25, 0.3) is 0 Å². The molecule has 4 heteroatoms. The molecule has 70 heavy (non-hydrogen) atoms. The van der Waals surface area contributed by atoms with Gasteiger partial charge in [-0.1, -0.05) is 178 Å². The molecule has 3 aliphatic rings. The van der Waals surface area contributed by atoms with Crippen molar-refractivity contribution >= 4 is 56.3 Å². The van der Waals surface area contributed by atoms with Gasteiger partial charge in [0.15, 0.2) is 0 Å². The van der Waals surface area contributed by atoms with Gasteiger partial charge in [0.1, 0.15) is 7.85 Å². The molecule has 0 spiro atoms. The van der Waals surface area contributed by atoms with E-state index in [4.69, 9.17) is 5.73 Å². The van der Waals surface area contributed by atoms with Gasteiger partial charge in [-0.05, 0) is 173 Å². The number of benzene rings is 6. The fourth-order valence-corrected chi connectivity index (χ4v) is 13.2. The molecule has 0 fully saturated rings. The Bertz CT molecular complexity index is 3430. The van der Waals surface area contributed by atoms with E-state index in [9.17, 15) is 0 Å². The lowest BCUT2D eigenvalue weighted by Crippen LogP contribution is -2.33. The van der Waals surface area contributed by atoms with E-state index in [1.165, 1.54) is 87.8 Å². The number of rotatable bonds is 8. The molecule has 7 aromatic rings. The first-order valence-electron chi connectivity index (χ1n) is 25.4. The second-order valence-corrected chi connectivity index (χ2v) is 22.5. The first-order chi connectivity index (χ1) is 33.7. The lowest BCUT2D eigenvalue weighted by atomic mass is 9.61. The molecule has 3 N–H and O–H groups in total. The highest BCUT2D eigenvalue weighted by atomic mass is 32.1. The van der Waals surface area contributed by atoms with Crippen LogP contribution in [0.25, 0.3) is 59.1 Å². The molecule has 1 aromatic heterocycles. The normalized spacial score (nSPS) is 20.6. The number of nitrogen functional groups attached to an aromatic ring is 1. The average Bonchev–Trinajstić information content (AvgIpc) is 3.74. The lowest BCUT2D eigenvalue weighted by Gasteiger charge is -2.43. The molecule has 0 bridgehead atoms. The molecule has 1 aliphatic heterocycles. The van der Waals surface area contributed by atoms with Crippen molar-refractivity contribution in [3.8, 4) is 33.4 Å². The topological polar surface area (TPSA) is 38.0 Å². The number of nitrogens with one attached hydrogen (secondary N) is 1. The zero-order valence-electron chi connectivity index (χ0n) is 42.7. The van der Waals surface area contributed by atoms with Gasteiger partial charge in [0.2, 0.25) is 0 Å². The van der Waals surface area contributed by atoms with E-state index in [-0.39, 0.29) is 10.8 Å². The molecule has 0 saturated heterocycles. The van der Waals surface area contributed by atoms with Crippen LogP contribution in [0.2, 0.25) is 0 Å². The first-order valence-corrected chi connectivity index (χ1v) is 26.2. The number of thiophene rings is 1. The highest BCUT2D eigenvalue weighted by Gasteiger charge is 2.43. The molecule has 10 rings (SSSR count). The van der Waals surface area contributed by atoms with Crippen LogP contribution in [0.3, 0.4) is 0 Å². The number of nitrogens with two attached hydrogens (primary N) is 1. The lowest BCUT2D eigenvalue weighted by molar-refractivity contribution is 0.332. The van der Waals surface area contributed by atoms with E-state index in [2.05, 4.69) is 239 Å². The van der Waals surface area contributed by atoms with Crippen LogP contribution in [0, 0.1) is 20.8 Å². The van der Waals surface area contributed by atoms with Crippen molar-refractivity contribution < 1.29 is 0 Å². The predicted molar refractivity (Wildman–Crippen MR) is 310 cm³/mol. The molecular weight excluding hydrogens is 864 g/mol. The molecule has 6 aromatic carbocycles. The average molecular weight is 931 g/mol. The van der Waals surface area contributed by atoms with Crippen LogP contribution >= 0.6 is 11.3 Å². The van der Waals surface area contributed by atoms with Gasteiger partial charge < -0.3 is 11.1 Å². The van der Waals surface area contributed by atoms with Crippen molar-refractivity contribution in [2.24, 2.45) is 0 Å². The summed E-state index contributed by atoms with van der Waals surface area (Å²) in [5.41, 5.74) is 29.0. The van der Waals surface area contributed by atoms with E-state index in [0.29, 0.717) is 0 Å². The van der Waals surface area contributed by atoms with Crippen LogP contribution in [0.15, 0.2) is 181 Å². The minimum Gasteiger partial charge on any atom is -0.397 e.